The van der Waals surface area contributed by atoms with Crippen LogP contribution in [0.4, 0.5) is 4.39 Å². The van der Waals surface area contributed by atoms with Crippen LogP contribution >= 0.6 is 0 Å². The highest BCUT2D eigenvalue weighted by molar-refractivity contribution is 5.54. The molecule has 0 aliphatic heterocycles. The monoisotopic (exact) mass is 332 g/mol. The molecule has 2 rings (SSSR count). The lowest BCUT2D eigenvalue weighted by Gasteiger charge is -2.21. The lowest BCUT2D eigenvalue weighted by atomic mass is 10.00. The first-order valence-corrected chi connectivity index (χ1v) is 7.66. The minimum Gasteiger partial charge on any atom is -0.449 e. The molecule has 0 aliphatic carbocycles. The third-order valence-corrected chi connectivity index (χ3v) is 3.91. The topological polar surface area (TPSA) is 75.2 Å². The Morgan fingerprint density at radius 1 is 1.50 bits per heavy atom. The molecule has 1 heterocycles. The number of nitrogens with one attached hydrogen (secondary N) is 1. The molecular formula is C18H21FN2O3. The fourth-order valence-corrected chi connectivity index (χ4v) is 2.26. The van der Waals surface area contributed by atoms with Gasteiger partial charge in [-0.15, -0.1) is 0 Å². The maximum atomic E-state index is 14.8. The SMILES string of the molecule is C=Cc1ccc(Oc2c(C(C)(F)CC)nc(CO)[nH]c2=O)cc1C. The van der Waals surface area contributed by atoms with Crippen molar-refractivity contribution in [3.05, 3.63) is 57.8 Å². The van der Waals surface area contributed by atoms with Crippen molar-refractivity contribution in [3.63, 3.8) is 0 Å². The van der Waals surface area contributed by atoms with Crippen molar-refractivity contribution in [2.24, 2.45) is 0 Å². The summed E-state index contributed by atoms with van der Waals surface area (Å²) in [5, 5.41) is 9.19. The van der Waals surface area contributed by atoms with E-state index in [0.717, 1.165) is 11.1 Å². The van der Waals surface area contributed by atoms with Crippen LogP contribution in [0.5, 0.6) is 11.5 Å². The van der Waals surface area contributed by atoms with Crippen LogP contribution in [0.2, 0.25) is 0 Å². The van der Waals surface area contributed by atoms with Gasteiger partial charge >= 0.3 is 0 Å². The van der Waals surface area contributed by atoms with E-state index in [9.17, 15) is 14.3 Å². The van der Waals surface area contributed by atoms with Gasteiger partial charge in [-0.05, 0) is 43.5 Å². The Hall–Kier alpha value is -2.47. The Morgan fingerprint density at radius 2 is 2.21 bits per heavy atom. The lowest BCUT2D eigenvalue weighted by molar-refractivity contribution is 0.171. The summed E-state index contributed by atoms with van der Waals surface area (Å²) in [5.41, 5.74) is -0.757. The number of halogens is 1. The Morgan fingerprint density at radius 3 is 2.75 bits per heavy atom. The van der Waals surface area contributed by atoms with E-state index in [1.54, 1.807) is 31.2 Å². The summed E-state index contributed by atoms with van der Waals surface area (Å²) in [6.07, 6.45) is 1.82. The molecule has 128 valence electrons. The van der Waals surface area contributed by atoms with Gasteiger partial charge in [0.05, 0.1) is 0 Å². The molecule has 0 saturated heterocycles. The Kier molecular flexibility index (Phi) is 5.19. The van der Waals surface area contributed by atoms with E-state index in [4.69, 9.17) is 4.74 Å². The van der Waals surface area contributed by atoms with Crippen LogP contribution in [0.3, 0.4) is 0 Å². The van der Waals surface area contributed by atoms with E-state index in [0.29, 0.717) is 5.75 Å². The molecule has 5 nitrogen and oxygen atoms in total. The number of hydrogen-bond acceptors (Lipinski definition) is 4. The zero-order valence-electron chi connectivity index (χ0n) is 14.0. The minimum atomic E-state index is -1.86. The summed E-state index contributed by atoms with van der Waals surface area (Å²) in [7, 11) is 0. The van der Waals surface area contributed by atoms with E-state index in [2.05, 4.69) is 16.5 Å². The first-order chi connectivity index (χ1) is 11.3. The van der Waals surface area contributed by atoms with Crippen molar-refractivity contribution in [2.75, 3.05) is 0 Å². The summed E-state index contributed by atoms with van der Waals surface area (Å²) >= 11 is 0. The number of hydrogen-bond donors (Lipinski definition) is 2. The van der Waals surface area contributed by atoms with E-state index < -0.39 is 17.8 Å². The van der Waals surface area contributed by atoms with Gasteiger partial charge in [0, 0.05) is 0 Å². The standard InChI is InChI=1S/C18H21FN2O3/c1-5-12-7-8-13(9-11(12)3)24-15-16(18(4,19)6-2)20-14(10-22)21-17(15)23/h5,7-9,22H,1,6,10H2,2-4H3,(H,20,21,23). The number of benzene rings is 1. The molecule has 1 atom stereocenters. The number of nitrogens with zero attached hydrogens (tertiary/aromatic N) is 1. The third kappa shape index (κ3) is 3.54. The molecule has 0 saturated carbocycles. The van der Waals surface area contributed by atoms with Crippen molar-refractivity contribution in [1.82, 2.24) is 9.97 Å². The average molecular weight is 332 g/mol. The molecule has 6 heteroatoms. The molecule has 1 unspecified atom stereocenters. The molecule has 24 heavy (non-hydrogen) atoms. The normalized spacial score (nSPS) is 13.4. The summed E-state index contributed by atoms with van der Waals surface area (Å²) in [4.78, 5) is 18.7. The zero-order chi connectivity index (χ0) is 17.9. The van der Waals surface area contributed by atoms with E-state index in [1.165, 1.54) is 6.92 Å². The quantitative estimate of drug-likeness (QED) is 0.847. The van der Waals surface area contributed by atoms with E-state index in [-0.39, 0.29) is 23.7 Å². The van der Waals surface area contributed by atoms with Gasteiger partial charge < -0.3 is 14.8 Å². The van der Waals surface area contributed by atoms with Crippen LogP contribution in [0.25, 0.3) is 6.08 Å². The van der Waals surface area contributed by atoms with Gasteiger partial charge in [0.15, 0.2) is 5.67 Å². The maximum Gasteiger partial charge on any atom is 0.294 e. The number of H-pyrrole nitrogens is 1. The molecule has 2 aromatic rings. The highest BCUT2D eigenvalue weighted by Gasteiger charge is 2.32. The summed E-state index contributed by atoms with van der Waals surface area (Å²) in [6.45, 7) is 8.08. The third-order valence-electron chi connectivity index (χ3n) is 3.91. The van der Waals surface area contributed by atoms with Crippen molar-refractivity contribution < 1.29 is 14.2 Å². The number of aromatic amines is 1. The molecule has 0 amide bonds. The van der Waals surface area contributed by atoms with Gasteiger partial charge in [0.25, 0.3) is 5.56 Å². The summed E-state index contributed by atoms with van der Waals surface area (Å²) in [5.74, 6) is 0.193. The molecule has 0 bridgehead atoms. The van der Waals surface area contributed by atoms with Crippen LogP contribution in [-0.2, 0) is 12.3 Å². The maximum absolute atomic E-state index is 14.8. The average Bonchev–Trinajstić information content (AvgIpc) is 2.56. The number of rotatable bonds is 6. The lowest BCUT2D eigenvalue weighted by Crippen LogP contribution is -2.25. The van der Waals surface area contributed by atoms with Crippen LogP contribution in [0, 0.1) is 6.92 Å². The predicted molar refractivity (Wildman–Crippen MR) is 90.9 cm³/mol. The second kappa shape index (κ2) is 6.97. The first-order valence-electron chi connectivity index (χ1n) is 7.66. The number of aromatic nitrogens is 2. The van der Waals surface area contributed by atoms with E-state index >= 15 is 0 Å². The summed E-state index contributed by atoms with van der Waals surface area (Å²) < 4.78 is 20.5. The summed E-state index contributed by atoms with van der Waals surface area (Å²) in [6, 6.07) is 5.21. The molecular weight excluding hydrogens is 311 g/mol. The number of aryl methyl sites for hydroxylation is 1. The Bertz CT molecular complexity index is 812. The molecule has 1 aromatic carbocycles. The molecule has 2 N–H and O–H groups in total. The Balaban J connectivity index is 2.55. The number of ether oxygens (including phenoxy) is 1. The zero-order valence-corrected chi connectivity index (χ0v) is 14.0. The van der Waals surface area contributed by atoms with Crippen LogP contribution in [0.1, 0.15) is 42.9 Å². The fraction of sp³-hybridized carbons (Fsp3) is 0.333. The van der Waals surface area contributed by atoms with Gasteiger partial charge in [-0.1, -0.05) is 25.6 Å². The fourth-order valence-electron chi connectivity index (χ4n) is 2.26. The molecule has 0 aliphatic rings. The number of aliphatic hydroxyl groups excluding tert-OH is 1. The van der Waals surface area contributed by atoms with Crippen LogP contribution < -0.4 is 10.3 Å². The van der Waals surface area contributed by atoms with Crippen molar-refractivity contribution in [1.29, 1.82) is 0 Å². The second-order valence-corrected chi connectivity index (χ2v) is 5.72. The van der Waals surface area contributed by atoms with Gasteiger partial charge in [-0.25, -0.2) is 9.37 Å². The van der Waals surface area contributed by atoms with Gasteiger partial charge in [0.2, 0.25) is 5.75 Å². The highest BCUT2D eigenvalue weighted by Crippen LogP contribution is 2.34. The van der Waals surface area contributed by atoms with E-state index in [1.807, 2.05) is 6.92 Å². The van der Waals surface area contributed by atoms with Gasteiger partial charge in [-0.3, -0.25) is 4.79 Å². The smallest absolute Gasteiger partial charge is 0.294 e. The van der Waals surface area contributed by atoms with Gasteiger partial charge in [-0.2, -0.15) is 0 Å². The largest absolute Gasteiger partial charge is 0.449 e. The number of aliphatic hydroxyl groups is 1. The second-order valence-electron chi connectivity index (χ2n) is 5.72. The molecule has 0 spiro atoms. The Labute approximate surface area is 139 Å². The van der Waals surface area contributed by atoms with Crippen LogP contribution in [0.15, 0.2) is 29.6 Å². The van der Waals surface area contributed by atoms with Crippen LogP contribution in [-0.4, -0.2) is 15.1 Å². The van der Waals surface area contributed by atoms with Crippen molar-refractivity contribution in [2.45, 2.75) is 39.5 Å². The predicted octanol–water partition coefficient (Wildman–Crippen LogP) is 3.60. The molecule has 0 radical (unpaired) electrons. The van der Waals surface area contributed by atoms with Gasteiger partial charge in [0.1, 0.15) is 23.9 Å². The number of alkyl halides is 1. The minimum absolute atomic E-state index is 0.00198. The van der Waals surface area contributed by atoms with Crippen molar-refractivity contribution in [3.8, 4) is 11.5 Å². The molecule has 1 aromatic heterocycles. The first kappa shape index (κ1) is 17.9. The molecule has 0 fully saturated rings. The highest BCUT2D eigenvalue weighted by atomic mass is 19.1. The van der Waals surface area contributed by atoms with Crippen molar-refractivity contribution >= 4 is 6.08 Å².